The lowest BCUT2D eigenvalue weighted by atomic mass is 9.58. The molecule has 0 bridgehead atoms. The first kappa shape index (κ1) is 17.4. The summed E-state index contributed by atoms with van der Waals surface area (Å²) in [5.41, 5.74) is 5.79. The lowest BCUT2D eigenvalue weighted by Gasteiger charge is -2.45. The highest BCUT2D eigenvalue weighted by atomic mass is 16.3. The molecule has 0 spiro atoms. The van der Waals surface area contributed by atoms with Gasteiger partial charge in [-0.2, -0.15) is 15.8 Å². The molecule has 0 amide bonds. The molecule has 2 aliphatic rings. The van der Waals surface area contributed by atoms with Crippen molar-refractivity contribution in [2.24, 2.45) is 17.1 Å². The highest BCUT2D eigenvalue weighted by Crippen LogP contribution is 2.54. The van der Waals surface area contributed by atoms with Gasteiger partial charge in [-0.15, -0.1) is 0 Å². The Morgan fingerprint density at radius 1 is 1.19 bits per heavy atom. The molecule has 0 aromatic heterocycles. The molecule has 1 aliphatic heterocycles. The van der Waals surface area contributed by atoms with E-state index in [0.29, 0.717) is 18.7 Å². The second-order valence-corrected chi connectivity index (χ2v) is 6.65. The molecule has 1 aliphatic carbocycles. The molecule has 2 atom stereocenters. The zero-order valence-corrected chi connectivity index (χ0v) is 14.1. The molecule has 0 saturated heterocycles. The zero-order valence-electron chi connectivity index (χ0n) is 14.1. The standard InChI is InChI=1S/C19H17N5O2/c1-24-5-4-12-13(7-20)18(23)19(9-21,10-22)17(14(12)8-24)11-2-3-15(25)16(26)6-11/h2-4,6,14,17,25-26H,5,8,23H2,1H3/t14-,17+/m1/s1. The van der Waals surface area contributed by atoms with Gasteiger partial charge in [0.25, 0.3) is 0 Å². The van der Waals surface area contributed by atoms with Crippen molar-refractivity contribution in [1.29, 1.82) is 15.8 Å². The molecule has 0 unspecified atom stereocenters. The Morgan fingerprint density at radius 2 is 1.88 bits per heavy atom. The van der Waals surface area contributed by atoms with Crippen LogP contribution in [0.2, 0.25) is 0 Å². The first-order chi connectivity index (χ1) is 12.4. The smallest absolute Gasteiger partial charge is 0.191 e. The quantitative estimate of drug-likeness (QED) is 0.653. The van der Waals surface area contributed by atoms with Crippen LogP contribution in [-0.4, -0.2) is 35.3 Å². The van der Waals surface area contributed by atoms with Crippen LogP contribution in [-0.2, 0) is 0 Å². The van der Waals surface area contributed by atoms with Crippen LogP contribution >= 0.6 is 0 Å². The van der Waals surface area contributed by atoms with Gasteiger partial charge in [0.05, 0.1) is 23.4 Å². The number of nitrogens with zero attached hydrogens (tertiary/aromatic N) is 4. The van der Waals surface area contributed by atoms with Gasteiger partial charge in [-0.25, -0.2) is 0 Å². The number of allylic oxidation sites excluding steroid dienone is 2. The van der Waals surface area contributed by atoms with E-state index in [1.807, 2.05) is 30.2 Å². The van der Waals surface area contributed by atoms with Crippen LogP contribution in [0.1, 0.15) is 11.5 Å². The molecule has 3 rings (SSSR count). The van der Waals surface area contributed by atoms with E-state index in [1.165, 1.54) is 12.1 Å². The number of rotatable bonds is 1. The van der Waals surface area contributed by atoms with Gasteiger partial charge >= 0.3 is 0 Å². The van der Waals surface area contributed by atoms with E-state index in [-0.39, 0.29) is 28.7 Å². The Balaban J connectivity index is 2.34. The van der Waals surface area contributed by atoms with Crippen molar-refractivity contribution in [2.75, 3.05) is 20.1 Å². The minimum absolute atomic E-state index is 0.0605. The Labute approximate surface area is 151 Å². The van der Waals surface area contributed by atoms with E-state index in [2.05, 4.69) is 6.07 Å². The number of benzene rings is 1. The zero-order chi connectivity index (χ0) is 19.1. The summed E-state index contributed by atoms with van der Waals surface area (Å²) < 4.78 is 0. The van der Waals surface area contributed by atoms with Gasteiger partial charge in [0, 0.05) is 24.9 Å². The maximum Gasteiger partial charge on any atom is 0.191 e. The van der Waals surface area contributed by atoms with Crippen molar-refractivity contribution in [3.05, 3.63) is 46.7 Å². The van der Waals surface area contributed by atoms with Gasteiger partial charge < -0.3 is 20.8 Å². The van der Waals surface area contributed by atoms with Crippen molar-refractivity contribution in [2.45, 2.75) is 5.92 Å². The summed E-state index contributed by atoms with van der Waals surface area (Å²) in [4.78, 5) is 2.03. The second-order valence-electron chi connectivity index (χ2n) is 6.65. The average Bonchev–Trinajstić information content (AvgIpc) is 2.63. The van der Waals surface area contributed by atoms with Gasteiger partial charge in [0.2, 0.25) is 0 Å². The molecule has 1 heterocycles. The first-order valence-corrected chi connectivity index (χ1v) is 8.03. The van der Waals surface area contributed by atoms with Crippen molar-refractivity contribution >= 4 is 0 Å². The highest BCUT2D eigenvalue weighted by molar-refractivity contribution is 5.60. The van der Waals surface area contributed by atoms with Crippen LogP contribution in [0.4, 0.5) is 0 Å². The van der Waals surface area contributed by atoms with Crippen molar-refractivity contribution < 1.29 is 10.2 Å². The van der Waals surface area contributed by atoms with Gasteiger partial charge in [0.15, 0.2) is 16.9 Å². The maximum absolute atomic E-state index is 9.92. The number of phenolic OH excluding ortho intramolecular Hbond substituents is 2. The molecule has 1 aromatic rings. The Bertz CT molecular complexity index is 944. The number of nitriles is 3. The lowest BCUT2D eigenvalue weighted by molar-refractivity contribution is 0.237. The molecule has 4 N–H and O–H groups in total. The van der Waals surface area contributed by atoms with Crippen LogP contribution < -0.4 is 5.73 Å². The molecule has 0 saturated carbocycles. The summed E-state index contributed by atoms with van der Waals surface area (Å²) in [5, 5.41) is 48.9. The Hall–Kier alpha value is -3.47. The van der Waals surface area contributed by atoms with E-state index in [9.17, 15) is 26.0 Å². The summed E-state index contributed by atoms with van der Waals surface area (Å²) in [6, 6.07) is 10.3. The summed E-state index contributed by atoms with van der Waals surface area (Å²) in [7, 11) is 1.91. The number of aromatic hydroxyl groups is 2. The van der Waals surface area contributed by atoms with Crippen molar-refractivity contribution in [3.8, 4) is 29.7 Å². The van der Waals surface area contributed by atoms with Crippen molar-refractivity contribution in [3.63, 3.8) is 0 Å². The second kappa shape index (κ2) is 6.11. The van der Waals surface area contributed by atoms with E-state index < -0.39 is 11.3 Å². The maximum atomic E-state index is 9.92. The summed E-state index contributed by atoms with van der Waals surface area (Å²) in [6.07, 6.45) is 1.89. The van der Waals surface area contributed by atoms with Gasteiger partial charge in [-0.1, -0.05) is 12.1 Å². The third-order valence-electron chi connectivity index (χ3n) is 5.21. The fraction of sp³-hybridized carbons (Fsp3) is 0.316. The molecule has 1 aromatic carbocycles. The lowest BCUT2D eigenvalue weighted by Crippen LogP contribution is -2.47. The molecule has 130 valence electrons. The molecule has 0 radical (unpaired) electrons. The van der Waals surface area contributed by atoms with E-state index in [1.54, 1.807) is 6.07 Å². The van der Waals surface area contributed by atoms with Crippen LogP contribution in [0.5, 0.6) is 11.5 Å². The van der Waals surface area contributed by atoms with Gasteiger partial charge in [-0.05, 0) is 30.3 Å². The predicted octanol–water partition coefficient (Wildman–Crippen LogP) is 1.45. The van der Waals surface area contributed by atoms with Gasteiger partial charge in [0.1, 0.15) is 6.07 Å². The molecule has 7 heteroatoms. The molecule has 7 nitrogen and oxygen atoms in total. The number of phenols is 2. The van der Waals surface area contributed by atoms with E-state index in [4.69, 9.17) is 5.73 Å². The number of fused-ring (bicyclic) bond motifs is 1. The molecular weight excluding hydrogens is 330 g/mol. The largest absolute Gasteiger partial charge is 0.504 e. The Kier molecular flexibility index (Phi) is 4.08. The summed E-state index contributed by atoms with van der Waals surface area (Å²) >= 11 is 0. The molecule has 0 fully saturated rings. The summed E-state index contributed by atoms with van der Waals surface area (Å²) in [6.45, 7) is 1.16. The average molecular weight is 347 g/mol. The number of hydrogen-bond donors (Lipinski definition) is 3. The normalized spacial score (nSPS) is 24.6. The van der Waals surface area contributed by atoms with Gasteiger partial charge in [-0.3, -0.25) is 0 Å². The minimum atomic E-state index is -1.74. The van der Waals surface area contributed by atoms with E-state index in [0.717, 1.165) is 5.57 Å². The highest BCUT2D eigenvalue weighted by Gasteiger charge is 2.54. The topological polar surface area (TPSA) is 141 Å². The number of hydrogen-bond acceptors (Lipinski definition) is 7. The first-order valence-electron chi connectivity index (χ1n) is 8.03. The fourth-order valence-corrected chi connectivity index (χ4v) is 3.93. The number of likely N-dealkylation sites (N-methyl/N-ethyl adjacent to an activating group) is 1. The van der Waals surface area contributed by atoms with Crippen LogP contribution in [0, 0.1) is 45.3 Å². The van der Waals surface area contributed by atoms with Crippen molar-refractivity contribution in [1.82, 2.24) is 4.90 Å². The predicted molar refractivity (Wildman–Crippen MR) is 92.1 cm³/mol. The Morgan fingerprint density at radius 3 is 2.46 bits per heavy atom. The third-order valence-corrected chi connectivity index (χ3v) is 5.21. The van der Waals surface area contributed by atoms with Crippen LogP contribution in [0.15, 0.2) is 41.1 Å². The monoisotopic (exact) mass is 347 g/mol. The van der Waals surface area contributed by atoms with E-state index >= 15 is 0 Å². The SMILES string of the molecule is CN1CC=C2C(C#N)=C(N)C(C#N)(C#N)[C@@H](c3ccc(O)c(O)c3)[C@@H]2C1. The molecule has 26 heavy (non-hydrogen) atoms. The number of nitrogens with two attached hydrogens (primary N) is 1. The summed E-state index contributed by atoms with van der Waals surface area (Å²) in [5.74, 6) is -1.63. The fourth-order valence-electron chi connectivity index (χ4n) is 3.93. The third kappa shape index (κ3) is 2.29. The molecular formula is C19H17N5O2. The van der Waals surface area contributed by atoms with Crippen LogP contribution in [0.3, 0.4) is 0 Å². The minimum Gasteiger partial charge on any atom is -0.504 e. The van der Waals surface area contributed by atoms with Crippen LogP contribution in [0.25, 0.3) is 0 Å².